The van der Waals surface area contributed by atoms with Crippen molar-refractivity contribution in [1.29, 1.82) is 0 Å². The van der Waals surface area contributed by atoms with Crippen LogP contribution in [0.15, 0.2) is 458 Å². The highest BCUT2D eigenvalue weighted by Crippen LogP contribution is 2.50. The standard InChI is InChI=1S/C118H88N2O2Si2/c1-79(2)109-77-111(85-47-59-89(60-48-85)119(91-63-69-103-101-39-23-25-41-113(101)121-115(103)75-91)87-55-43-81(44-56-87)83-51-65-99(66-52-83)123(93-27-11-5-12-28-93,94-29-13-6-14-30-94)95-31-15-7-16-32-95)107-74-72-106-110(80(3)4)78-112(108-73-71-105(109)117(107)118(106)108)86-49-61-90(62-50-86)120(92-64-70-104-102-40-24-26-42-114(102)122-116(104)76-92)88-57-45-82(46-58-88)84-53-67-100(68-54-84)124(96-33-17-8-18-34-96,97-35-19-9-20-36-97)98-37-21-10-22-38-98/h5-80H,1-4H3. The molecule has 124 heavy (non-hydrogen) atoms. The van der Waals surface area contributed by atoms with E-state index in [0.29, 0.717) is 0 Å². The molecule has 6 heteroatoms. The van der Waals surface area contributed by atoms with E-state index < -0.39 is 16.1 Å². The van der Waals surface area contributed by atoms with Gasteiger partial charge in [0.05, 0.1) is 0 Å². The van der Waals surface area contributed by atoms with Crippen molar-refractivity contribution in [1.82, 2.24) is 0 Å². The van der Waals surface area contributed by atoms with E-state index in [0.717, 1.165) is 111 Å². The second kappa shape index (κ2) is 31.3. The highest BCUT2D eigenvalue weighted by atomic mass is 28.3. The summed E-state index contributed by atoms with van der Waals surface area (Å²) in [6.45, 7) is 9.39. The topological polar surface area (TPSA) is 32.8 Å². The van der Waals surface area contributed by atoms with Gasteiger partial charge in [0.25, 0.3) is 0 Å². The Kier molecular flexibility index (Phi) is 19.0. The Morgan fingerprint density at radius 3 is 0.702 bits per heavy atom. The summed E-state index contributed by atoms with van der Waals surface area (Å²) in [4.78, 5) is 4.75. The van der Waals surface area contributed by atoms with Gasteiger partial charge in [0.1, 0.15) is 22.3 Å². The van der Waals surface area contributed by atoms with Crippen molar-refractivity contribution < 1.29 is 8.83 Å². The fourth-order valence-electron chi connectivity index (χ4n) is 20.2. The van der Waals surface area contributed by atoms with Crippen LogP contribution < -0.4 is 51.3 Å². The van der Waals surface area contributed by atoms with Gasteiger partial charge in [-0.25, -0.2) is 0 Å². The largest absolute Gasteiger partial charge is 0.456 e. The fourth-order valence-corrected chi connectivity index (χ4v) is 29.7. The number of anilines is 6. The lowest BCUT2D eigenvalue weighted by atomic mass is 9.81. The van der Waals surface area contributed by atoms with Crippen LogP contribution in [0.25, 0.3) is 121 Å². The van der Waals surface area contributed by atoms with E-state index in [1.807, 2.05) is 12.1 Å². The third-order valence-corrected chi connectivity index (χ3v) is 35.7. The molecule has 0 aliphatic carbocycles. The van der Waals surface area contributed by atoms with Crippen LogP contribution in [0, 0.1) is 0 Å². The van der Waals surface area contributed by atoms with Gasteiger partial charge < -0.3 is 18.6 Å². The molecule has 590 valence electrons. The minimum absolute atomic E-state index is 0.253. The minimum Gasteiger partial charge on any atom is -0.456 e. The quantitative estimate of drug-likeness (QED) is 0.0433. The Morgan fingerprint density at radius 2 is 0.411 bits per heavy atom. The molecular weight excluding hydrogens is 1530 g/mol. The average molecular weight is 1620 g/mol. The monoisotopic (exact) mass is 1620 g/mol. The maximum atomic E-state index is 6.64. The van der Waals surface area contributed by atoms with Crippen LogP contribution in [-0.4, -0.2) is 16.1 Å². The SMILES string of the molecule is CC(C)c1cc(-c2ccc(N(c3ccc(-c4ccc([Si](c5ccccc5)(c5ccccc5)c5ccccc5)cc4)cc3)c3ccc4c(c3)oc3ccccc34)cc2)c2ccc3c(C(C)C)cc(-c4ccc(N(c5ccc(-c6ccc([Si](c7ccccc7)(c7ccccc7)c7ccccc7)cc6)cc5)c5ccc6c(c5)oc5ccccc56)cc4)c4ccc1c2c43. The van der Waals surface area contributed by atoms with E-state index in [4.69, 9.17) is 8.83 Å². The van der Waals surface area contributed by atoms with Gasteiger partial charge >= 0.3 is 0 Å². The Morgan fingerprint density at radius 1 is 0.185 bits per heavy atom. The third-order valence-electron chi connectivity index (χ3n) is 26.1. The number of furan rings is 2. The maximum absolute atomic E-state index is 6.64. The van der Waals surface area contributed by atoms with Gasteiger partial charge in [-0.2, -0.15) is 0 Å². The molecule has 0 N–H and O–H groups in total. The number of rotatable bonds is 20. The minimum atomic E-state index is -2.71. The van der Waals surface area contributed by atoms with Gasteiger partial charge in [-0.15, -0.1) is 0 Å². The predicted octanol–water partition coefficient (Wildman–Crippen LogP) is 27.0. The molecule has 4 nitrogen and oxygen atoms in total. The molecule has 22 aromatic rings. The summed E-state index contributed by atoms with van der Waals surface area (Å²) in [5.41, 5.74) is 21.7. The third kappa shape index (κ3) is 12.8. The van der Waals surface area contributed by atoms with Crippen LogP contribution in [0.4, 0.5) is 34.1 Å². The molecule has 2 heterocycles. The van der Waals surface area contributed by atoms with Gasteiger partial charge in [-0.1, -0.05) is 367 Å². The van der Waals surface area contributed by atoms with Gasteiger partial charge in [-0.3, -0.25) is 0 Å². The van der Waals surface area contributed by atoms with Crippen molar-refractivity contribution in [3.8, 4) is 44.5 Å². The molecule has 2 aromatic heterocycles. The van der Waals surface area contributed by atoms with Crippen LogP contribution in [0.2, 0.25) is 0 Å². The summed E-state index contributed by atoms with van der Waals surface area (Å²) in [5.74, 6) is 0.506. The van der Waals surface area contributed by atoms with Gasteiger partial charge in [0.2, 0.25) is 0 Å². The number of nitrogens with zero attached hydrogens (tertiary/aromatic N) is 2. The van der Waals surface area contributed by atoms with Crippen LogP contribution in [0.5, 0.6) is 0 Å². The zero-order valence-corrected chi connectivity index (χ0v) is 71.6. The lowest BCUT2D eigenvalue weighted by Gasteiger charge is -2.34. The van der Waals surface area contributed by atoms with Crippen molar-refractivity contribution in [3.05, 3.63) is 460 Å². The average Bonchev–Trinajstić information content (AvgIpc) is 0.794. The van der Waals surface area contributed by atoms with Crippen LogP contribution in [-0.2, 0) is 0 Å². The van der Waals surface area contributed by atoms with E-state index in [9.17, 15) is 0 Å². The van der Waals surface area contributed by atoms with E-state index in [1.54, 1.807) is 0 Å². The first-order valence-electron chi connectivity index (χ1n) is 43.3. The molecule has 0 saturated heterocycles. The summed E-state index contributed by atoms with van der Waals surface area (Å²) < 4.78 is 13.3. The molecule has 0 unspecified atom stereocenters. The summed E-state index contributed by atoms with van der Waals surface area (Å²) in [5, 5.41) is 23.0. The predicted molar refractivity (Wildman–Crippen MR) is 531 cm³/mol. The number of fused-ring (bicyclic) bond motifs is 6. The van der Waals surface area contributed by atoms with E-state index in [1.165, 1.54) is 96.1 Å². The first kappa shape index (κ1) is 75.3. The Hall–Kier alpha value is -14.9. The molecule has 22 rings (SSSR count). The lowest BCUT2D eigenvalue weighted by Crippen LogP contribution is -2.74. The smallest absolute Gasteiger partial charge is 0.179 e. The van der Waals surface area contributed by atoms with Gasteiger partial charge in [0, 0.05) is 67.8 Å². The maximum Gasteiger partial charge on any atom is 0.179 e. The van der Waals surface area contributed by atoms with Crippen molar-refractivity contribution in [2.75, 3.05) is 9.80 Å². The highest BCUT2D eigenvalue weighted by molar-refractivity contribution is 7.20. The molecule has 0 saturated carbocycles. The number of benzene rings is 20. The molecular formula is C118H88N2O2Si2. The van der Waals surface area contributed by atoms with E-state index in [-0.39, 0.29) is 11.8 Å². The lowest BCUT2D eigenvalue weighted by molar-refractivity contribution is 0.668. The summed E-state index contributed by atoms with van der Waals surface area (Å²) in [6.07, 6.45) is 0. The highest BCUT2D eigenvalue weighted by Gasteiger charge is 2.43. The molecule has 0 amide bonds. The molecule has 0 fully saturated rings. The number of hydrogen-bond acceptors (Lipinski definition) is 4. The fraction of sp³-hybridized carbons (Fsp3) is 0.0508. The summed E-state index contributed by atoms with van der Waals surface area (Å²) in [6, 6.07) is 167. The zero-order valence-electron chi connectivity index (χ0n) is 69.6. The van der Waals surface area contributed by atoms with Crippen LogP contribution in [0.1, 0.15) is 50.7 Å². The molecule has 0 bridgehead atoms. The molecule has 0 aliphatic heterocycles. The van der Waals surface area contributed by atoms with Crippen LogP contribution >= 0.6 is 0 Å². The second-order valence-electron chi connectivity index (χ2n) is 33.7. The molecule has 20 aromatic carbocycles. The van der Waals surface area contributed by atoms with Crippen molar-refractivity contribution >= 4 is 168 Å². The molecule has 0 aliphatic rings. The Bertz CT molecular complexity index is 7000. The number of para-hydroxylation sites is 2. The van der Waals surface area contributed by atoms with Crippen molar-refractivity contribution in [2.24, 2.45) is 0 Å². The summed E-state index contributed by atoms with van der Waals surface area (Å²) in [7, 11) is -5.41. The number of hydrogen-bond donors (Lipinski definition) is 0. The molecule has 0 spiro atoms. The van der Waals surface area contributed by atoms with E-state index in [2.05, 4.69) is 474 Å². The van der Waals surface area contributed by atoms with Gasteiger partial charge in [-0.05, 0) is 238 Å². The first-order chi connectivity index (χ1) is 61.1. The van der Waals surface area contributed by atoms with E-state index >= 15 is 0 Å². The summed E-state index contributed by atoms with van der Waals surface area (Å²) >= 11 is 0. The Balaban J connectivity index is 0.618. The Labute approximate surface area is 725 Å². The van der Waals surface area contributed by atoms with Crippen molar-refractivity contribution in [3.63, 3.8) is 0 Å². The van der Waals surface area contributed by atoms with Crippen molar-refractivity contribution in [2.45, 2.75) is 39.5 Å². The zero-order chi connectivity index (χ0) is 83.0. The molecule has 0 radical (unpaired) electrons. The van der Waals surface area contributed by atoms with Gasteiger partial charge in [0.15, 0.2) is 16.1 Å². The molecule has 0 atom stereocenters. The second-order valence-corrected chi connectivity index (χ2v) is 41.3. The van der Waals surface area contributed by atoms with Crippen LogP contribution in [0.3, 0.4) is 0 Å². The normalized spacial score (nSPS) is 12.0. The first-order valence-corrected chi connectivity index (χ1v) is 47.3.